The van der Waals surface area contributed by atoms with E-state index in [1.807, 2.05) is 0 Å². The van der Waals surface area contributed by atoms with Gasteiger partial charge in [0.2, 0.25) is 0 Å². The third kappa shape index (κ3) is 3.62. The molecule has 0 bridgehead atoms. The first kappa shape index (κ1) is 13.7. The third-order valence-corrected chi connectivity index (χ3v) is 3.16. The number of urea groups is 1. The first-order valence-electron chi connectivity index (χ1n) is 6.04. The number of hydrogen-bond donors (Lipinski definition) is 2. The zero-order chi connectivity index (χ0) is 13.9. The van der Waals surface area contributed by atoms with Crippen molar-refractivity contribution in [1.82, 2.24) is 20.4 Å². The van der Waals surface area contributed by atoms with Crippen molar-refractivity contribution in [3.8, 4) is 0 Å². The summed E-state index contributed by atoms with van der Waals surface area (Å²) in [7, 11) is 0. The summed E-state index contributed by atoms with van der Waals surface area (Å²) in [6.45, 7) is 0.325. The molecule has 1 aliphatic heterocycles. The number of halogens is 3. The fourth-order valence-electron chi connectivity index (χ4n) is 2.09. The Balaban J connectivity index is 1.85. The SMILES string of the molecule is O=C(NCc1ccn[nH]1)N1CCCC(C(F)(F)F)C1. The largest absolute Gasteiger partial charge is 0.393 e. The molecule has 0 aliphatic carbocycles. The molecule has 0 aromatic carbocycles. The van der Waals surface area contributed by atoms with E-state index in [4.69, 9.17) is 0 Å². The first-order valence-corrected chi connectivity index (χ1v) is 6.04. The summed E-state index contributed by atoms with van der Waals surface area (Å²) in [5.41, 5.74) is 0.706. The van der Waals surface area contributed by atoms with Crippen LogP contribution in [-0.2, 0) is 6.54 Å². The van der Waals surface area contributed by atoms with Gasteiger partial charge < -0.3 is 10.2 Å². The third-order valence-electron chi connectivity index (χ3n) is 3.16. The van der Waals surface area contributed by atoms with E-state index < -0.39 is 18.1 Å². The molecule has 0 radical (unpaired) electrons. The maximum absolute atomic E-state index is 12.6. The van der Waals surface area contributed by atoms with Crippen molar-refractivity contribution >= 4 is 6.03 Å². The molecule has 0 spiro atoms. The second kappa shape index (κ2) is 5.50. The standard InChI is InChI=1S/C11H15F3N4O/c12-11(13,14)8-2-1-5-18(7-8)10(19)15-6-9-3-4-16-17-9/h3-4,8H,1-2,5-7H2,(H,15,19)(H,16,17). The summed E-state index contributed by atoms with van der Waals surface area (Å²) < 4.78 is 37.8. The van der Waals surface area contributed by atoms with Crippen molar-refractivity contribution in [2.75, 3.05) is 13.1 Å². The number of rotatable bonds is 2. The summed E-state index contributed by atoms with van der Waals surface area (Å²) in [4.78, 5) is 13.0. The molecular weight excluding hydrogens is 261 g/mol. The summed E-state index contributed by atoms with van der Waals surface area (Å²) in [6, 6.07) is 1.22. The van der Waals surface area contributed by atoms with Gasteiger partial charge in [0.05, 0.1) is 18.2 Å². The van der Waals surface area contributed by atoms with E-state index in [9.17, 15) is 18.0 Å². The van der Waals surface area contributed by atoms with Crippen molar-refractivity contribution in [1.29, 1.82) is 0 Å². The number of aromatic amines is 1. The van der Waals surface area contributed by atoms with Gasteiger partial charge in [-0.2, -0.15) is 18.3 Å². The first-order chi connectivity index (χ1) is 8.97. The van der Waals surface area contributed by atoms with E-state index in [2.05, 4.69) is 15.5 Å². The number of carbonyl (C=O) groups is 1. The molecule has 1 saturated heterocycles. The van der Waals surface area contributed by atoms with Crippen LogP contribution in [0.3, 0.4) is 0 Å². The van der Waals surface area contributed by atoms with Gasteiger partial charge in [0.1, 0.15) is 0 Å². The van der Waals surface area contributed by atoms with E-state index in [1.54, 1.807) is 12.3 Å². The number of alkyl halides is 3. The number of piperidine rings is 1. The number of nitrogens with one attached hydrogen (secondary N) is 2. The molecule has 2 amide bonds. The number of H-pyrrole nitrogens is 1. The van der Waals surface area contributed by atoms with E-state index in [1.165, 1.54) is 4.90 Å². The van der Waals surface area contributed by atoms with Crippen LogP contribution in [0.4, 0.5) is 18.0 Å². The monoisotopic (exact) mass is 276 g/mol. The van der Waals surface area contributed by atoms with Crippen LogP contribution in [0.25, 0.3) is 0 Å². The number of amides is 2. The molecule has 2 N–H and O–H groups in total. The Morgan fingerprint density at radius 3 is 3.00 bits per heavy atom. The van der Waals surface area contributed by atoms with Gasteiger partial charge >= 0.3 is 12.2 Å². The normalized spacial score (nSPS) is 20.4. The van der Waals surface area contributed by atoms with Gasteiger partial charge in [-0.3, -0.25) is 5.10 Å². The Hall–Kier alpha value is -1.73. The average Bonchev–Trinajstić information content (AvgIpc) is 2.88. The van der Waals surface area contributed by atoms with Gasteiger partial charge in [-0.15, -0.1) is 0 Å². The molecule has 1 aromatic heterocycles. The molecule has 1 aliphatic rings. The molecule has 1 aromatic rings. The minimum atomic E-state index is -4.23. The predicted molar refractivity (Wildman–Crippen MR) is 61.2 cm³/mol. The lowest BCUT2D eigenvalue weighted by Gasteiger charge is -2.33. The highest BCUT2D eigenvalue weighted by atomic mass is 19.4. The zero-order valence-corrected chi connectivity index (χ0v) is 10.2. The zero-order valence-electron chi connectivity index (χ0n) is 10.2. The Kier molecular flexibility index (Phi) is 3.96. The van der Waals surface area contributed by atoms with Crippen LogP contribution in [0.5, 0.6) is 0 Å². The van der Waals surface area contributed by atoms with E-state index in [-0.39, 0.29) is 19.5 Å². The van der Waals surface area contributed by atoms with Crippen LogP contribution >= 0.6 is 0 Å². The highest BCUT2D eigenvalue weighted by molar-refractivity contribution is 5.74. The van der Waals surface area contributed by atoms with E-state index >= 15 is 0 Å². The number of carbonyl (C=O) groups excluding carboxylic acids is 1. The smallest absolute Gasteiger partial charge is 0.332 e. The fourth-order valence-corrected chi connectivity index (χ4v) is 2.09. The minimum Gasteiger partial charge on any atom is -0.332 e. The van der Waals surface area contributed by atoms with Gasteiger partial charge in [0, 0.05) is 19.3 Å². The van der Waals surface area contributed by atoms with Crippen LogP contribution < -0.4 is 5.32 Å². The number of nitrogens with zero attached hydrogens (tertiary/aromatic N) is 2. The van der Waals surface area contributed by atoms with Gasteiger partial charge in [-0.1, -0.05) is 0 Å². The van der Waals surface area contributed by atoms with E-state index in [0.29, 0.717) is 18.7 Å². The molecule has 5 nitrogen and oxygen atoms in total. The minimum absolute atomic E-state index is 0.0911. The van der Waals surface area contributed by atoms with Crippen molar-refractivity contribution < 1.29 is 18.0 Å². The van der Waals surface area contributed by atoms with E-state index in [0.717, 1.165) is 0 Å². The predicted octanol–water partition coefficient (Wildman–Crippen LogP) is 1.89. The van der Waals surface area contributed by atoms with Crippen molar-refractivity contribution in [3.63, 3.8) is 0 Å². The Labute approximate surface area is 108 Å². The van der Waals surface area contributed by atoms with Crippen molar-refractivity contribution in [2.45, 2.75) is 25.6 Å². The second-order valence-electron chi connectivity index (χ2n) is 4.57. The number of aromatic nitrogens is 2. The molecule has 2 rings (SSSR count). The molecule has 19 heavy (non-hydrogen) atoms. The topological polar surface area (TPSA) is 61.0 Å². The van der Waals surface area contributed by atoms with Crippen LogP contribution in [-0.4, -0.2) is 40.4 Å². The lowest BCUT2D eigenvalue weighted by molar-refractivity contribution is -0.184. The maximum atomic E-state index is 12.6. The Morgan fingerprint density at radius 1 is 1.58 bits per heavy atom. The Morgan fingerprint density at radius 2 is 2.37 bits per heavy atom. The molecule has 2 heterocycles. The van der Waals surface area contributed by atoms with Gasteiger partial charge in [0.25, 0.3) is 0 Å². The van der Waals surface area contributed by atoms with Crippen molar-refractivity contribution in [3.05, 3.63) is 18.0 Å². The molecule has 1 unspecified atom stereocenters. The summed E-state index contributed by atoms with van der Waals surface area (Å²) in [6.07, 6.45) is -2.22. The number of hydrogen-bond acceptors (Lipinski definition) is 2. The molecule has 8 heteroatoms. The maximum Gasteiger partial charge on any atom is 0.393 e. The van der Waals surface area contributed by atoms with Gasteiger partial charge in [-0.05, 0) is 18.9 Å². The summed E-state index contributed by atoms with van der Waals surface area (Å²) >= 11 is 0. The van der Waals surface area contributed by atoms with Crippen LogP contribution in [0.1, 0.15) is 18.5 Å². The lowest BCUT2D eigenvalue weighted by Crippen LogP contribution is -2.48. The van der Waals surface area contributed by atoms with Crippen LogP contribution in [0.2, 0.25) is 0 Å². The van der Waals surface area contributed by atoms with Crippen molar-refractivity contribution in [2.24, 2.45) is 5.92 Å². The number of likely N-dealkylation sites (tertiary alicyclic amines) is 1. The lowest BCUT2D eigenvalue weighted by atomic mass is 9.98. The highest BCUT2D eigenvalue weighted by Crippen LogP contribution is 2.33. The molecule has 1 fully saturated rings. The highest BCUT2D eigenvalue weighted by Gasteiger charge is 2.42. The van der Waals surface area contributed by atoms with Crippen LogP contribution in [0, 0.1) is 5.92 Å². The second-order valence-corrected chi connectivity index (χ2v) is 4.57. The fraction of sp³-hybridized carbons (Fsp3) is 0.636. The van der Waals surface area contributed by atoms with Crippen LogP contribution in [0.15, 0.2) is 12.3 Å². The molecule has 1 atom stereocenters. The Bertz CT molecular complexity index is 418. The molecular formula is C11H15F3N4O. The quantitative estimate of drug-likeness (QED) is 0.866. The average molecular weight is 276 g/mol. The molecule has 0 saturated carbocycles. The van der Waals surface area contributed by atoms with Gasteiger partial charge in [-0.25, -0.2) is 4.79 Å². The molecule has 106 valence electrons. The summed E-state index contributed by atoms with van der Waals surface area (Å²) in [5.74, 6) is -1.42. The van der Waals surface area contributed by atoms with Gasteiger partial charge in [0.15, 0.2) is 0 Å². The summed E-state index contributed by atoms with van der Waals surface area (Å²) in [5, 5.41) is 8.96.